The lowest BCUT2D eigenvalue weighted by atomic mass is 9.75. The Kier molecular flexibility index (Phi) is 4.02. The van der Waals surface area contributed by atoms with Gasteiger partial charge in [-0.3, -0.25) is 4.79 Å². The van der Waals surface area contributed by atoms with Crippen molar-refractivity contribution >= 4 is 21.8 Å². The first-order valence-electron chi connectivity index (χ1n) is 6.67. The maximum atomic E-state index is 12.1. The van der Waals surface area contributed by atoms with Crippen LogP contribution in [-0.2, 0) is 10.3 Å². The molecule has 1 aliphatic rings. The quantitative estimate of drug-likeness (QED) is 0.894. The molecule has 0 heterocycles. The maximum absolute atomic E-state index is 12.1. The number of nitrogens with two attached hydrogens (primary N) is 1. The molecule has 0 radical (unpaired) electrons. The van der Waals surface area contributed by atoms with E-state index in [1.54, 1.807) is 0 Å². The van der Waals surface area contributed by atoms with Crippen molar-refractivity contribution in [3.8, 4) is 0 Å². The van der Waals surface area contributed by atoms with Crippen LogP contribution in [-0.4, -0.2) is 11.4 Å². The normalized spacial score (nSPS) is 17.7. The summed E-state index contributed by atoms with van der Waals surface area (Å²) in [5.41, 5.74) is 6.56. The third-order valence-corrected chi connectivity index (χ3v) is 4.41. The van der Waals surface area contributed by atoms with Crippen LogP contribution >= 0.6 is 15.9 Å². The van der Waals surface area contributed by atoms with E-state index in [1.165, 1.54) is 0 Å². The van der Waals surface area contributed by atoms with E-state index >= 15 is 0 Å². The van der Waals surface area contributed by atoms with Crippen LogP contribution in [0.25, 0.3) is 0 Å². The first kappa shape index (κ1) is 14.5. The highest BCUT2D eigenvalue weighted by Gasteiger charge is 2.36. The second-order valence-electron chi connectivity index (χ2n) is 6.07. The van der Waals surface area contributed by atoms with Crippen LogP contribution in [0.2, 0.25) is 0 Å². The molecule has 1 aromatic rings. The van der Waals surface area contributed by atoms with Crippen molar-refractivity contribution in [3.63, 3.8) is 0 Å². The topological polar surface area (TPSA) is 55.1 Å². The molecular weight excluding hydrogens is 304 g/mol. The highest BCUT2D eigenvalue weighted by Crippen LogP contribution is 2.32. The number of halogens is 1. The minimum Gasteiger partial charge on any atom is -0.347 e. The molecule has 3 N–H and O–H groups in total. The molecule has 3 nitrogen and oxygen atoms in total. The van der Waals surface area contributed by atoms with Gasteiger partial charge < -0.3 is 11.1 Å². The molecule has 0 aromatic heterocycles. The average Bonchev–Trinajstić information content (AvgIpc) is 2.26. The van der Waals surface area contributed by atoms with Gasteiger partial charge in [-0.05, 0) is 50.8 Å². The molecule has 4 heteroatoms. The van der Waals surface area contributed by atoms with Crippen LogP contribution in [0.5, 0.6) is 0 Å². The molecule has 0 unspecified atom stereocenters. The van der Waals surface area contributed by atoms with Gasteiger partial charge in [0.1, 0.15) is 0 Å². The fourth-order valence-corrected chi connectivity index (χ4v) is 2.72. The molecule has 1 saturated carbocycles. The monoisotopic (exact) mass is 324 g/mol. The molecule has 1 fully saturated rings. The van der Waals surface area contributed by atoms with Gasteiger partial charge in [0.05, 0.1) is 5.54 Å². The Morgan fingerprint density at radius 3 is 2.42 bits per heavy atom. The Balaban J connectivity index is 2.00. The fourth-order valence-electron chi connectivity index (χ4n) is 2.46. The standard InChI is InChI=1S/C15H21BrN2O/c1-14(2,11-4-6-12(16)7-5-11)18-13(19)10-15(17)8-3-9-15/h4-7H,3,8-10,17H2,1-2H3,(H,18,19). The van der Waals surface area contributed by atoms with E-state index in [4.69, 9.17) is 5.73 Å². The first-order valence-corrected chi connectivity index (χ1v) is 7.46. The van der Waals surface area contributed by atoms with Crippen molar-refractivity contribution in [2.75, 3.05) is 0 Å². The van der Waals surface area contributed by atoms with E-state index in [2.05, 4.69) is 21.2 Å². The Bertz CT molecular complexity index is 464. The summed E-state index contributed by atoms with van der Waals surface area (Å²) in [4.78, 5) is 12.1. The highest BCUT2D eigenvalue weighted by atomic mass is 79.9. The second-order valence-corrected chi connectivity index (χ2v) is 6.99. The molecule has 2 rings (SSSR count). The predicted octanol–water partition coefficient (Wildman–Crippen LogP) is 3.07. The SMILES string of the molecule is CC(C)(NC(=O)CC1(N)CCC1)c1ccc(Br)cc1. The number of hydrogen-bond acceptors (Lipinski definition) is 2. The van der Waals surface area contributed by atoms with Crippen molar-refractivity contribution in [1.82, 2.24) is 5.32 Å². The van der Waals surface area contributed by atoms with Gasteiger partial charge in [0.25, 0.3) is 0 Å². The van der Waals surface area contributed by atoms with Crippen LogP contribution in [0, 0.1) is 0 Å². The van der Waals surface area contributed by atoms with Crippen molar-refractivity contribution < 1.29 is 4.79 Å². The summed E-state index contributed by atoms with van der Waals surface area (Å²) >= 11 is 3.42. The van der Waals surface area contributed by atoms with Gasteiger partial charge in [0.15, 0.2) is 0 Å². The lowest BCUT2D eigenvalue weighted by molar-refractivity contribution is -0.124. The summed E-state index contributed by atoms with van der Waals surface area (Å²) in [7, 11) is 0. The fraction of sp³-hybridized carbons (Fsp3) is 0.533. The van der Waals surface area contributed by atoms with Crippen LogP contribution < -0.4 is 11.1 Å². The number of carbonyl (C=O) groups excluding carboxylic acids is 1. The second kappa shape index (κ2) is 5.25. The van der Waals surface area contributed by atoms with Gasteiger partial charge in [0.2, 0.25) is 5.91 Å². The summed E-state index contributed by atoms with van der Waals surface area (Å²) in [5, 5.41) is 3.08. The van der Waals surface area contributed by atoms with Gasteiger partial charge in [-0.15, -0.1) is 0 Å². The lowest BCUT2D eigenvalue weighted by Crippen LogP contribution is -2.52. The number of carbonyl (C=O) groups is 1. The van der Waals surface area contributed by atoms with Gasteiger partial charge in [0, 0.05) is 16.4 Å². The zero-order valence-electron chi connectivity index (χ0n) is 11.5. The predicted molar refractivity (Wildman–Crippen MR) is 80.7 cm³/mol. The molecule has 0 bridgehead atoms. The van der Waals surface area contributed by atoms with Gasteiger partial charge >= 0.3 is 0 Å². The minimum atomic E-state index is -0.377. The number of rotatable bonds is 4. The third-order valence-electron chi connectivity index (χ3n) is 3.88. The average molecular weight is 325 g/mol. The van der Waals surface area contributed by atoms with Crippen molar-refractivity contribution in [2.24, 2.45) is 5.73 Å². The van der Waals surface area contributed by atoms with Crippen LogP contribution in [0.4, 0.5) is 0 Å². The van der Waals surface area contributed by atoms with Crippen molar-refractivity contribution in [1.29, 1.82) is 0 Å². The zero-order valence-corrected chi connectivity index (χ0v) is 13.1. The smallest absolute Gasteiger partial charge is 0.222 e. The van der Waals surface area contributed by atoms with Crippen molar-refractivity contribution in [3.05, 3.63) is 34.3 Å². The molecule has 19 heavy (non-hydrogen) atoms. The Labute approximate surface area is 123 Å². The Hall–Kier alpha value is -0.870. The van der Waals surface area contributed by atoms with Gasteiger partial charge in [-0.1, -0.05) is 28.1 Å². The van der Waals surface area contributed by atoms with E-state index in [1.807, 2.05) is 38.1 Å². The molecule has 1 amide bonds. The highest BCUT2D eigenvalue weighted by molar-refractivity contribution is 9.10. The number of hydrogen-bond donors (Lipinski definition) is 2. The maximum Gasteiger partial charge on any atom is 0.222 e. The third kappa shape index (κ3) is 3.57. The Morgan fingerprint density at radius 1 is 1.37 bits per heavy atom. The van der Waals surface area contributed by atoms with Crippen LogP contribution in [0.15, 0.2) is 28.7 Å². The first-order chi connectivity index (χ1) is 8.81. The number of amides is 1. The molecule has 0 aliphatic heterocycles. The Morgan fingerprint density at radius 2 is 1.95 bits per heavy atom. The lowest BCUT2D eigenvalue weighted by Gasteiger charge is -2.38. The van der Waals surface area contributed by atoms with Crippen LogP contribution in [0.3, 0.4) is 0 Å². The van der Waals surface area contributed by atoms with Gasteiger partial charge in [-0.2, -0.15) is 0 Å². The largest absolute Gasteiger partial charge is 0.347 e. The molecule has 0 saturated heterocycles. The van der Waals surface area contributed by atoms with E-state index < -0.39 is 0 Å². The molecule has 0 atom stereocenters. The van der Waals surface area contributed by atoms with E-state index in [0.29, 0.717) is 6.42 Å². The molecule has 1 aliphatic carbocycles. The summed E-state index contributed by atoms with van der Waals surface area (Å²) in [6.45, 7) is 4.02. The summed E-state index contributed by atoms with van der Waals surface area (Å²) in [6, 6.07) is 8.01. The minimum absolute atomic E-state index is 0.0371. The molecular formula is C15H21BrN2O. The van der Waals surface area contributed by atoms with E-state index in [-0.39, 0.29) is 17.0 Å². The molecule has 0 spiro atoms. The zero-order chi connectivity index (χ0) is 14.1. The van der Waals surface area contributed by atoms with Crippen LogP contribution in [0.1, 0.15) is 45.1 Å². The summed E-state index contributed by atoms with van der Waals surface area (Å²) in [6.07, 6.45) is 3.48. The van der Waals surface area contributed by atoms with Gasteiger partial charge in [-0.25, -0.2) is 0 Å². The van der Waals surface area contributed by atoms with E-state index in [0.717, 1.165) is 29.3 Å². The summed E-state index contributed by atoms with van der Waals surface area (Å²) < 4.78 is 1.04. The summed E-state index contributed by atoms with van der Waals surface area (Å²) in [5.74, 6) is 0.0371. The molecule has 104 valence electrons. The van der Waals surface area contributed by atoms with E-state index in [9.17, 15) is 4.79 Å². The number of benzene rings is 1. The van der Waals surface area contributed by atoms with Crippen molar-refractivity contribution in [2.45, 2.75) is 50.6 Å². The molecule has 1 aromatic carbocycles. The number of nitrogens with one attached hydrogen (secondary N) is 1.